The van der Waals surface area contributed by atoms with Crippen LogP contribution >= 0.6 is 0 Å². The highest BCUT2D eigenvalue weighted by atomic mass is 16.1. The molecule has 0 aliphatic heterocycles. The highest BCUT2D eigenvalue weighted by Crippen LogP contribution is 2.13. The van der Waals surface area contributed by atoms with Crippen LogP contribution < -0.4 is 11.1 Å². The number of nitrogens with one attached hydrogen (secondary N) is 1. The summed E-state index contributed by atoms with van der Waals surface area (Å²) in [5, 5.41) is 3.09. The monoisotopic (exact) mass is 228 g/mol. The Kier molecular flexibility index (Phi) is 8.26. The Hall–Kier alpha value is -0.570. The number of hydrogen-bond donors (Lipinski definition) is 2. The minimum absolute atomic E-state index is 0.150. The van der Waals surface area contributed by atoms with Gasteiger partial charge in [-0.05, 0) is 25.3 Å². The van der Waals surface area contributed by atoms with Crippen LogP contribution in [0.3, 0.4) is 0 Å². The summed E-state index contributed by atoms with van der Waals surface area (Å²) in [4.78, 5) is 11.8. The molecule has 0 fully saturated rings. The maximum atomic E-state index is 11.8. The fraction of sp³-hybridized carbons (Fsp3) is 0.923. The smallest absolute Gasteiger partial charge is 0.220 e. The van der Waals surface area contributed by atoms with Crippen molar-refractivity contribution in [2.45, 2.75) is 59.4 Å². The van der Waals surface area contributed by atoms with E-state index in [2.05, 4.69) is 33.0 Å². The molecular weight excluding hydrogens is 200 g/mol. The Bertz CT molecular complexity index is 186. The van der Waals surface area contributed by atoms with Crippen LogP contribution in [0.5, 0.6) is 0 Å². The molecule has 2 unspecified atom stereocenters. The molecule has 3 heteroatoms. The third-order valence-electron chi connectivity index (χ3n) is 3.53. The number of hydrogen-bond acceptors (Lipinski definition) is 2. The summed E-state index contributed by atoms with van der Waals surface area (Å²) in [6, 6.07) is 0.276. The van der Waals surface area contributed by atoms with E-state index in [-0.39, 0.29) is 11.9 Å². The van der Waals surface area contributed by atoms with Gasteiger partial charge in [-0.1, -0.05) is 40.0 Å². The van der Waals surface area contributed by atoms with Crippen LogP contribution in [0.4, 0.5) is 0 Å². The van der Waals surface area contributed by atoms with Gasteiger partial charge in [0.15, 0.2) is 0 Å². The van der Waals surface area contributed by atoms with E-state index >= 15 is 0 Å². The Morgan fingerprint density at radius 2 is 1.75 bits per heavy atom. The maximum Gasteiger partial charge on any atom is 0.220 e. The van der Waals surface area contributed by atoms with E-state index in [1.54, 1.807) is 0 Å². The van der Waals surface area contributed by atoms with Crippen LogP contribution in [-0.2, 0) is 4.79 Å². The lowest BCUT2D eigenvalue weighted by Crippen LogP contribution is -2.39. The zero-order valence-corrected chi connectivity index (χ0v) is 11.3. The standard InChI is InChI=1S/C13H28N2O/c1-5-11(9-14)8-13(16)15-10(4)12(6-2)7-3/h10-12H,5-9,14H2,1-4H3,(H,15,16). The van der Waals surface area contributed by atoms with Crippen molar-refractivity contribution in [3.63, 3.8) is 0 Å². The average molecular weight is 228 g/mol. The summed E-state index contributed by atoms with van der Waals surface area (Å²) < 4.78 is 0. The molecule has 0 rings (SSSR count). The maximum absolute atomic E-state index is 11.8. The van der Waals surface area contributed by atoms with Crippen molar-refractivity contribution in [3.05, 3.63) is 0 Å². The molecule has 96 valence electrons. The Morgan fingerprint density at radius 3 is 2.12 bits per heavy atom. The molecule has 0 aromatic carbocycles. The molecule has 2 atom stereocenters. The van der Waals surface area contributed by atoms with Crippen molar-refractivity contribution in [3.8, 4) is 0 Å². The first-order valence-electron chi connectivity index (χ1n) is 6.58. The van der Waals surface area contributed by atoms with Crippen LogP contribution in [0.15, 0.2) is 0 Å². The Labute approximate surface area is 100 Å². The molecule has 3 nitrogen and oxygen atoms in total. The van der Waals surface area contributed by atoms with E-state index < -0.39 is 0 Å². The molecule has 0 saturated carbocycles. The molecule has 0 heterocycles. The molecule has 0 spiro atoms. The van der Waals surface area contributed by atoms with E-state index in [1.807, 2.05) is 0 Å². The van der Waals surface area contributed by atoms with Crippen LogP contribution in [0, 0.1) is 11.8 Å². The zero-order valence-electron chi connectivity index (χ0n) is 11.3. The number of nitrogens with two attached hydrogens (primary N) is 1. The second-order valence-electron chi connectivity index (χ2n) is 4.65. The molecule has 0 aliphatic carbocycles. The van der Waals surface area contributed by atoms with Crippen molar-refractivity contribution in [1.29, 1.82) is 0 Å². The second kappa shape index (κ2) is 8.57. The number of amides is 1. The van der Waals surface area contributed by atoms with E-state index in [1.165, 1.54) is 0 Å². The normalized spacial score (nSPS) is 14.9. The first-order valence-corrected chi connectivity index (χ1v) is 6.58. The van der Waals surface area contributed by atoms with Gasteiger partial charge >= 0.3 is 0 Å². The molecule has 0 aliphatic rings. The molecule has 3 N–H and O–H groups in total. The van der Waals surface area contributed by atoms with Crippen molar-refractivity contribution < 1.29 is 4.79 Å². The molecular formula is C13H28N2O. The van der Waals surface area contributed by atoms with Crippen LogP contribution in [0.2, 0.25) is 0 Å². The van der Waals surface area contributed by atoms with Gasteiger partial charge in [0, 0.05) is 12.5 Å². The van der Waals surface area contributed by atoms with E-state index in [4.69, 9.17) is 5.73 Å². The van der Waals surface area contributed by atoms with Crippen LogP contribution in [0.25, 0.3) is 0 Å². The number of rotatable bonds is 8. The fourth-order valence-corrected chi connectivity index (χ4v) is 2.08. The van der Waals surface area contributed by atoms with Crippen LogP contribution in [-0.4, -0.2) is 18.5 Å². The van der Waals surface area contributed by atoms with Gasteiger partial charge in [0.2, 0.25) is 5.91 Å². The average Bonchev–Trinajstić information content (AvgIpc) is 2.27. The third-order valence-corrected chi connectivity index (χ3v) is 3.53. The van der Waals surface area contributed by atoms with Gasteiger partial charge in [-0.3, -0.25) is 4.79 Å². The van der Waals surface area contributed by atoms with Gasteiger partial charge in [0.1, 0.15) is 0 Å². The summed E-state index contributed by atoms with van der Waals surface area (Å²) in [6.07, 6.45) is 3.78. The van der Waals surface area contributed by atoms with E-state index in [9.17, 15) is 4.79 Å². The minimum Gasteiger partial charge on any atom is -0.353 e. The summed E-state index contributed by atoms with van der Waals surface area (Å²) in [6.45, 7) is 9.12. The molecule has 16 heavy (non-hydrogen) atoms. The SMILES string of the molecule is CCC(CN)CC(=O)NC(C)C(CC)CC. The van der Waals surface area contributed by atoms with Gasteiger partial charge in [0.05, 0.1) is 0 Å². The minimum atomic E-state index is 0.150. The van der Waals surface area contributed by atoms with Gasteiger partial charge in [-0.15, -0.1) is 0 Å². The number of carbonyl (C=O) groups excluding carboxylic acids is 1. The van der Waals surface area contributed by atoms with E-state index in [0.29, 0.717) is 24.8 Å². The summed E-state index contributed by atoms with van der Waals surface area (Å²) >= 11 is 0. The molecule has 0 radical (unpaired) electrons. The predicted molar refractivity (Wildman–Crippen MR) is 69.1 cm³/mol. The summed E-state index contributed by atoms with van der Waals surface area (Å²) in [7, 11) is 0. The quantitative estimate of drug-likeness (QED) is 0.670. The van der Waals surface area contributed by atoms with Crippen molar-refractivity contribution >= 4 is 5.91 Å². The lowest BCUT2D eigenvalue weighted by atomic mass is 9.95. The highest BCUT2D eigenvalue weighted by molar-refractivity contribution is 5.76. The Balaban J connectivity index is 4.03. The van der Waals surface area contributed by atoms with E-state index in [0.717, 1.165) is 19.3 Å². The first-order chi connectivity index (χ1) is 7.58. The lowest BCUT2D eigenvalue weighted by molar-refractivity contribution is -0.122. The van der Waals surface area contributed by atoms with Gasteiger partial charge in [-0.2, -0.15) is 0 Å². The van der Waals surface area contributed by atoms with Gasteiger partial charge in [0.25, 0.3) is 0 Å². The van der Waals surface area contributed by atoms with Gasteiger partial charge in [-0.25, -0.2) is 0 Å². The summed E-state index contributed by atoms with van der Waals surface area (Å²) in [5.41, 5.74) is 5.59. The van der Waals surface area contributed by atoms with Gasteiger partial charge < -0.3 is 11.1 Å². The van der Waals surface area contributed by atoms with Crippen molar-refractivity contribution in [1.82, 2.24) is 5.32 Å². The largest absolute Gasteiger partial charge is 0.353 e. The molecule has 0 aromatic rings. The Morgan fingerprint density at radius 1 is 1.19 bits per heavy atom. The summed E-state index contributed by atoms with van der Waals surface area (Å²) in [5.74, 6) is 1.06. The second-order valence-corrected chi connectivity index (χ2v) is 4.65. The predicted octanol–water partition coefficient (Wildman–Crippen LogP) is 2.30. The van der Waals surface area contributed by atoms with Crippen LogP contribution in [0.1, 0.15) is 53.4 Å². The molecule has 0 aromatic heterocycles. The molecule has 0 saturated heterocycles. The third kappa shape index (κ3) is 5.50. The van der Waals surface area contributed by atoms with Crippen molar-refractivity contribution in [2.24, 2.45) is 17.6 Å². The lowest BCUT2D eigenvalue weighted by Gasteiger charge is -2.23. The highest BCUT2D eigenvalue weighted by Gasteiger charge is 2.17. The van der Waals surface area contributed by atoms with Crippen molar-refractivity contribution in [2.75, 3.05) is 6.54 Å². The fourth-order valence-electron chi connectivity index (χ4n) is 2.08. The number of carbonyl (C=O) groups is 1. The zero-order chi connectivity index (χ0) is 12.6. The molecule has 0 bridgehead atoms. The topological polar surface area (TPSA) is 55.1 Å². The first kappa shape index (κ1) is 15.4. The molecule has 1 amide bonds.